The van der Waals surface area contributed by atoms with Gasteiger partial charge in [0.2, 0.25) is 6.04 Å². The third-order valence-electron chi connectivity index (χ3n) is 9.09. The number of amides is 1. The predicted octanol–water partition coefficient (Wildman–Crippen LogP) is 6.24. The molecule has 1 saturated heterocycles. The molecule has 9 nitrogen and oxygen atoms in total. The van der Waals surface area contributed by atoms with E-state index in [0.717, 1.165) is 18.9 Å². The molecule has 1 spiro atoms. The molecule has 3 aromatic rings. The van der Waals surface area contributed by atoms with Gasteiger partial charge in [-0.3, -0.25) is 19.8 Å². The van der Waals surface area contributed by atoms with Crippen molar-refractivity contribution < 1.29 is 33.1 Å². The lowest BCUT2D eigenvalue weighted by Gasteiger charge is -2.39. The zero-order valence-electron chi connectivity index (χ0n) is 24.0. The van der Waals surface area contributed by atoms with Crippen LogP contribution < -0.4 is 5.32 Å². The molecule has 45 heavy (non-hydrogen) atoms. The Bertz CT molecular complexity index is 1690. The Labute approximate surface area is 267 Å². The number of benzene rings is 3. The van der Waals surface area contributed by atoms with Gasteiger partial charge in [0.25, 0.3) is 5.91 Å². The number of nitrogens with zero attached hydrogens (tertiary/aromatic N) is 2. The van der Waals surface area contributed by atoms with Gasteiger partial charge in [-0.1, -0.05) is 47.5 Å². The fraction of sp³-hybridized carbons (Fsp3) is 0.375. The maximum Gasteiger partial charge on any atom is 0.338 e. The lowest BCUT2D eigenvalue weighted by atomic mass is 9.73. The Balaban J connectivity index is 1.52. The molecule has 0 unspecified atom stereocenters. The molecule has 1 amide bonds. The molecule has 1 saturated carbocycles. The van der Waals surface area contributed by atoms with E-state index in [4.69, 9.17) is 27.9 Å². The summed E-state index contributed by atoms with van der Waals surface area (Å²) in [5, 5.41) is 26.7. The van der Waals surface area contributed by atoms with Crippen LogP contribution in [0, 0.1) is 27.7 Å². The molecule has 13 heteroatoms. The first-order chi connectivity index (χ1) is 21.5. The minimum Gasteiger partial charge on any atom is -0.462 e. The smallest absolute Gasteiger partial charge is 0.338 e. The molecule has 1 aliphatic carbocycles. The standard InChI is InChI=1S/C32H29Cl2F2N3O6/c1-2-45-30(41)18-10-8-17(9-11-18)26(40)14-25-29(39(43)44)27(19-4-3-5-21(33)28(19)36)32(38(25)15-16-6-7-16)20-12-23(35)22(34)13-24(20)37-31(32)42/h3-5,8-13,16,25-27,29,40H,2,6-7,14-15H2,1H3,(H,37,42)/t25-,26-,27-,29+,32+/m0/s1. The van der Waals surface area contributed by atoms with E-state index in [1.54, 1.807) is 11.8 Å². The van der Waals surface area contributed by atoms with Gasteiger partial charge >= 0.3 is 5.97 Å². The number of carbonyl (C=O) groups excluding carboxylic acids is 2. The van der Waals surface area contributed by atoms with Gasteiger partial charge in [0.05, 0.1) is 40.3 Å². The summed E-state index contributed by atoms with van der Waals surface area (Å²) in [5.41, 5.74) is -1.19. The summed E-state index contributed by atoms with van der Waals surface area (Å²) in [7, 11) is 0. The number of carbonyl (C=O) groups is 2. The number of esters is 1. The monoisotopic (exact) mass is 659 g/mol. The maximum absolute atomic E-state index is 15.9. The molecule has 3 aromatic carbocycles. The molecule has 2 fully saturated rings. The molecule has 2 N–H and O–H groups in total. The number of anilines is 1. The number of ether oxygens (including phenoxy) is 1. The highest BCUT2D eigenvalue weighted by atomic mass is 35.5. The quantitative estimate of drug-likeness (QED) is 0.158. The molecule has 2 aliphatic heterocycles. The number of likely N-dealkylation sites (tertiary alicyclic amines) is 1. The maximum atomic E-state index is 15.9. The molecular weight excluding hydrogens is 631 g/mol. The van der Waals surface area contributed by atoms with Gasteiger partial charge < -0.3 is 15.2 Å². The number of fused-ring (bicyclic) bond motifs is 2. The van der Waals surface area contributed by atoms with E-state index in [-0.39, 0.29) is 57.9 Å². The fourth-order valence-corrected chi connectivity index (χ4v) is 7.32. The van der Waals surface area contributed by atoms with Crippen LogP contribution in [0.15, 0.2) is 54.6 Å². The zero-order chi connectivity index (χ0) is 32.2. The van der Waals surface area contributed by atoms with E-state index < -0.39 is 58.1 Å². The fourth-order valence-electron chi connectivity index (χ4n) is 6.97. The average molecular weight is 661 g/mol. The second-order valence-electron chi connectivity index (χ2n) is 11.7. The largest absolute Gasteiger partial charge is 0.462 e. The van der Waals surface area contributed by atoms with Crippen molar-refractivity contribution in [3.8, 4) is 0 Å². The molecule has 5 atom stereocenters. The zero-order valence-corrected chi connectivity index (χ0v) is 25.5. The third kappa shape index (κ3) is 5.25. The van der Waals surface area contributed by atoms with Crippen LogP contribution in [0.25, 0.3) is 0 Å². The van der Waals surface area contributed by atoms with Crippen molar-refractivity contribution in [1.29, 1.82) is 0 Å². The number of nitrogens with one attached hydrogen (secondary N) is 1. The molecule has 3 aliphatic rings. The Kier molecular flexibility index (Phi) is 8.32. The van der Waals surface area contributed by atoms with Gasteiger partial charge in [-0.15, -0.1) is 0 Å². The van der Waals surface area contributed by atoms with E-state index in [2.05, 4.69) is 5.32 Å². The van der Waals surface area contributed by atoms with E-state index in [1.807, 2.05) is 0 Å². The van der Waals surface area contributed by atoms with Crippen molar-refractivity contribution in [1.82, 2.24) is 4.90 Å². The van der Waals surface area contributed by atoms with Crippen molar-refractivity contribution in [3.05, 3.63) is 109 Å². The normalized spacial score (nSPS) is 24.8. The summed E-state index contributed by atoms with van der Waals surface area (Å²) < 4.78 is 36.1. The molecule has 236 valence electrons. The van der Waals surface area contributed by atoms with Crippen LogP contribution >= 0.6 is 23.2 Å². The number of rotatable bonds is 9. The van der Waals surface area contributed by atoms with Crippen LogP contribution in [0.3, 0.4) is 0 Å². The first-order valence-corrected chi connectivity index (χ1v) is 15.3. The number of aliphatic hydroxyl groups is 1. The Morgan fingerprint density at radius 3 is 2.53 bits per heavy atom. The van der Waals surface area contributed by atoms with Gasteiger partial charge in [-0.2, -0.15) is 0 Å². The molecule has 6 rings (SSSR count). The average Bonchev–Trinajstić information content (AvgIpc) is 3.73. The van der Waals surface area contributed by atoms with Crippen molar-refractivity contribution >= 4 is 40.8 Å². The SMILES string of the molecule is CCOC(=O)c1ccc([C@@H](O)C[C@H]2[C@@H]([N+](=O)[O-])[C@H](c3cccc(Cl)c3F)[C@]3(C(=O)Nc4cc(Cl)c(F)cc43)N2CC2CC2)cc1. The molecule has 0 aromatic heterocycles. The van der Waals surface area contributed by atoms with Gasteiger partial charge in [-0.25, -0.2) is 13.6 Å². The summed E-state index contributed by atoms with van der Waals surface area (Å²) in [6.45, 7) is 2.07. The topological polar surface area (TPSA) is 122 Å². The summed E-state index contributed by atoms with van der Waals surface area (Å²) in [6, 6.07) is 9.70. The number of halogens is 4. The van der Waals surface area contributed by atoms with Gasteiger partial charge in [0.1, 0.15) is 17.2 Å². The highest BCUT2D eigenvalue weighted by Crippen LogP contribution is 2.60. The highest BCUT2D eigenvalue weighted by Gasteiger charge is 2.71. The Morgan fingerprint density at radius 1 is 1.18 bits per heavy atom. The van der Waals surface area contributed by atoms with Crippen LogP contribution in [0.4, 0.5) is 14.5 Å². The molecule has 0 bridgehead atoms. The number of hydrogen-bond acceptors (Lipinski definition) is 7. The summed E-state index contributed by atoms with van der Waals surface area (Å²) in [5.74, 6) is -4.37. The van der Waals surface area contributed by atoms with Gasteiger partial charge in [0.15, 0.2) is 0 Å². The van der Waals surface area contributed by atoms with Crippen molar-refractivity contribution in [3.63, 3.8) is 0 Å². The van der Waals surface area contributed by atoms with E-state index in [9.17, 15) is 24.8 Å². The Morgan fingerprint density at radius 2 is 1.89 bits per heavy atom. The predicted molar refractivity (Wildman–Crippen MR) is 162 cm³/mol. The second-order valence-corrected chi connectivity index (χ2v) is 12.5. The lowest BCUT2D eigenvalue weighted by molar-refractivity contribution is -0.528. The molecule has 2 heterocycles. The first-order valence-electron chi connectivity index (χ1n) is 14.6. The lowest BCUT2D eigenvalue weighted by Crippen LogP contribution is -2.53. The van der Waals surface area contributed by atoms with E-state index in [1.165, 1.54) is 48.5 Å². The van der Waals surface area contributed by atoms with Crippen LogP contribution in [-0.2, 0) is 15.1 Å². The summed E-state index contributed by atoms with van der Waals surface area (Å²) in [4.78, 5) is 40.6. The summed E-state index contributed by atoms with van der Waals surface area (Å²) in [6.07, 6.45) is 0.108. The van der Waals surface area contributed by atoms with Gasteiger partial charge in [-0.05, 0) is 68.0 Å². The number of nitro groups is 1. The Hall–Kier alpha value is -3.64. The van der Waals surface area contributed by atoms with Crippen LogP contribution in [-0.4, -0.2) is 52.0 Å². The third-order valence-corrected chi connectivity index (χ3v) is 9.67. The second kappa shape index (κ2) is 11.9. The minimum absolute atomic E-state index is 0.0785. The van der Waals surface area contributed by atoms with E-state index in [0.29, 0.717) is 5.56 Å². The number of hydrogen-bond donors (Lipinski definition) is 2. The van der Waals surface area contributed by atoms with Crippen LogP contribution in [0.5, 0.6) is 0 Å². The first kappa shape index (κ1) is 31.3. The minimum atomic E-state index is -1.93. The summed E-state index contributed by atoms with van der Waals surface area (Å²) >= 11 is 12.2. The molecular formula is C32H29Cl2F2N3O6. The van der Waals surface area contributed by atoms with Gasteiger partial charge in [0, 0.05) is 28.3 Å². The highest BCUT2D eigenvalue weighted by molar-refractivity contribution is 6.31. The van der Waals surface area contributed by atoms with Crippen LogP contribution in [0.2, 0.25) is 10.0 Å². The van der Waals surface area contributed by atoms with Crippen LogP contribution in [0.1, 0.15) is 65.3 Å². The molecule has 0 radical (unpaired) electrons. The van der Waals surface area contributed by atoms with Crippen molar-refractivity contribution in [2.75, 3.05) is 18.5 Å². The van der Waals surface area contributed by atoms with Crippen molar-refractivity contribution in [2.24, 2.45) is 5.92 Å². The number of aliphatic hydroxyl groups excluding tert-OH is 1. The van der Waals surface area contributed by atoms with Crippen molar-refractivity contribution in [2.45, 2.75) is 55.8 Å². The van der Waals surface area contributed by atoms with E-state index >= 15 is 8.78 Å².